The van der Waals surface area contributed by atoms with Gasteiger partial charge in [0.1, 0.15) is 17.0 Å². The third-order valence-electron chi connectivity index (χ3n) is 5.88. The molecule has 0 unspecified atom stereocenters. The molecule has 0 aliphatic carbocycles. The number of aryl methyl sites for hydroxylation is 1. The van der Waals surface area contributed by atoms with Crippen molar-refractivity contribution < 1.29 is 4.39 Å². The van der Waals surface area contributed by atoms with Gasteiger partial charge in [0.2, 0.25) is 5.82 Å². The van der Waals surface area contributed by atoms with Crippen LogP contribution in [0.4, 0.5) is 4.39 Å². The third kappa shape index (κ3) is 4.10. The monoisotopic (exact) mass is 454 g/mol. The topological polar surface area (TPSA) is 89.4 Å². The predicted octanol–water partition coefficient (Wildman–Crippen LogP) is 4.77. The van der Waals surface area contributed by atoms with Gasteiger partial charge in [-0.25, -0.2) is 9.37 Å². The Morgan fingerprint density at radius 1 is 0.971 bits per heavy atom. The molecule has 0 atom stereocenters. The molecule has 0 amide bonds. The first-order chi connectivity index (χ1) is 16.7. The third-order valence-corrected chi connectivity index (χ3v) is 5.88. The van der Waals surface area contributed by atoms with Crippen LogP contribution in [0.2, 0.25) is 0 Å². The Labute approximate surface area is 195 Å². The molecule has 0 radical (unpaired) electrons. The highest BCUT2D eigenvalue weighted by molar-refractivity contribution is 5.80. The zero-order valence-corrected chi connectivity index (χ0v) is 18.7. The van der Waals surface area contributed by atoms with E-state index in [0.717, 1.165) is 35.1 Å². The number of nitrogens with zero attached hydrogens (tertiary/aromatic N) is 5. The molecular formula is C26H23FN6O. The lowest BCUT2D eigenvalue weighted by molar-refractivity contribution is 0.621. The normalized spacial score (nSPS) is 11.2. The van der Waals surface area contributed by atoms with Crippen LogP contribution < -0.4 is 5.56 Å². The predicted molar refractivity (Wildman–Crippen MR) is 129 cm³/mol. The molecule has 8 heteroatoms. The summed E-state index contributed by atoms with van der Waals surface area (Å²) >= 11 is 0. The van der Waals surface area contributed by atoms with Crippen LogP contribution >= 0.6 is 0 Å². The van der Waals surface area contributed by atoms with Crippen LogP contribution in [-0.4, -0.2) is 30.2 Å². The van der Waals surface area contributed by atoms with Crippen molar-refractivity contribution in [1.29, 1.82) is 0 Å². The number of nitrogens with one attached hydrogen (secondary N) is 1. The fourth-order valence-electron chi connectivity index (χ4n) is 4.14. The summed E-state index contributed by atoms with van der Waals surface area (Å²) in [6, 6.07) is 20.4. The number of hydrogen-bond acceptors (Lipinski definition) is 5. The van der Waals surface area contributed by atoms with E-state index in [1.165, 1.54) is 6.07 Å². The van der Waals surface area contributed by atoms with Gasteiger partial charge < -0.3 is 0 Å². The van der Waals surface area contributed by atoms with Crippen LogP contribution in [0.1, 0.15) is 31.2 Å². The fraction of sp³-hybridized carbons (Fsp3) is 0.192. The van der Waals surface area contributed by atoms with Gasteiger partial charge in [-0.05, 0) is 40.5 Å². The molecule has 3 aromatic carbocycles. The maximum absolute atomic E-state index is 14.5. The largest absolute Gasteiger partial charge is 0.292 e. The molecule has 2 aromatic heterocycles. The molecule has 5 rings (SSSR count). The molecule has 0 spiro atoms. The second-order valence-electron chi connectivity index (χ2n) is 8.13. The summed E-state index contributed by atoms with van der Waals surface area (Å²) < 4.78 is 16.1. The zero-order chi connectivity index (χ0) is 23.5. The lowest BCUT2D eigenvalue weighted by atomic mass is 9.98. The van der Waals surface area contributed by atoms with Crippen LogP contribution in [0.15, 0.2) is 71.5 Å². The first-order valence-corrected chi connectivity index (χ1v) is 11.3. The Bertz CT molecular complexity index is 1490. The molecule has 34 heavy (non-hydrogen) atoms. The van der Waals surface area contributed by atoms with Crippen LogP contribution in [0.5, 0.6) is 0 Å². The average molecular weight is 455 g/mol. The Morgan fingerprint density at radius 2 is 1.76 bits per heavy atom. The van der Waals surface area contributed by atoms with Crippen molar-refractivity contribution in [3.63, 3.8) is 0 Å². The Kier molecular flexibility index (Phi) is 5.95. The Balaban J connectivity index is 1.52. The minimum atomic E-state index is -0.542. The van der Waals surface area contributed by atoms with Crippen molar-refractivity contribution in [2.24, 2.45) is 0 Å². The number of fused-ring (bicyclic) bond motifs is 1. The molecule has 0 aliphatic heterocycles. The van der Waals surface area contributed by atoms with E-state index in [2.05, 4.69) is 32.5 Å². The Hall–Kier alpha value is -4.20. The molecule has 5 aromatic rings. The van der Waals surface area contributed by atoms with Gasteiger partial charge >= 0.3 is 0 Å². The SMILES string of the molecule is CCCCc1nc2cccc(F)c2c(=O)n1Cc1ccc(-c2ccccc2-c2nn[nH]n2)cc1. The molecule has 0 fully saturated rings. The molecule has 170 valence electrons. The maximum Gasteiger partial charge on any atom is 0.264 e. The minimum Gasteiger partial charge on any atom is -0.292 e. The van der Waals surface area contributed by atoms with Gasteiger partial charge in [-0.2, -0.15) is 5.21 Å². The van der Waals surface area contributed by atoms with E-state index in [1.54, 1.807) is 16.7 Å². The number of tetrazole rings is 1. The first-order valence-electron chi connectivity index (χ1n) is 11.3. The standard InChI is InChI=1S/C26H23FN6O/c1-2-3-11-23-28-22-10-6-9-21(27)24(22)26(34)33(23)16-17-12-14-18(15-13-17)19-7-4-5-8-20(19)25-29-31-32-30-25/h4-10,12-15H,2-3,11,16H2,1H3,(H,29,30,31,32). The van der Waals surface area contributed by atoms with Gasteiger partial charge in [-0.15, -0.1) is 10.2 Å². The van der Waals surface area contributed by atoms with E-state index in [0.29, 0.717) is 30.1 Å². The molecule has 1 N–H and O–H groups in total. The van der Waals surface area contributed by atoms with E-state index < -0.39 is 5.82 Å². The fourth-order valence-corrected chi connectivity index (χ4v) is 4.14. The number of halogens is 1. The lowest BCUT2D eigenvalue weighted by Gasteiger charge is -2.14. The van der Waals surface area contributed by atoms with Crippen LogP contribution in [0.25, 0.3) is 33.4 Å². The van der Waals surface area contributed by atoms with Crippen LogP contribution in [-0.2, 0) is 13.0 Å². The number of H-pyrrole nitrogens is 1. The molecule has 0 bridgehead atoms. The summed E-state index contributed by atoms with van der Waals surface area (Å²) in [4.78, 5) is 17.9. The van der Waals surface area contributed by atoms with Gasteiger partial charge in [0, 0.05) is 12.0 Å². The van der Waals surface area contributed by atoms with Crippen molar-refractivity contribution in [1.82, 2.24) is 30.2 Å². The van der Waals surface area contributed by atoms with Crippen molar-refractivity contribution in [2.75, 3.05) is 0 Å². The van der Waals surface area contributed by atoms with Gasteiger partial charge in [0.05, 0.1) is 12.1 Å². The highest BCUT2D eigenvalue weighted by Crippen LogP contribution is 2.29. The number of unbranched alkanes of at least 4 members (excludes halogenated alkanes) is 1. The van der Waals surface area contributed by atoms with Crippen molar-refractivity contribution in [3.8, 4) is 22.5 Å². The lowest BCUT2D eigenvalue weighted by Crippen LogP contribution is -2.26. The van der Waals surface area contributed by atoms with Crippen molar-refractivity contribution in [2.45, 2.75) is 32.7 Å². The molecule has 0 aliphatic rings. The molecular weight excluding hydrogens is 431 g/mol. The van der Waals surface area contributed by atoms with E-state index in [1.807, 2.05) is 48.5 Å². The maximum atomic E-state index is 14.5. The summed E-state index contributed by atoms with van der Waals surface area (Å²) in [6.45, 7) is 2.41. The number of benzene rings is 3. The van der Waals surface area contributed by atoms with Crippen molar-refractivity contribution in [3.05, 3.63) is 94.3 Å². The summed E-state index contributed by atoms with van der Waals surface area (Å²) in [5, 5.41) is 14.4. The number of aromatic amines is 1. The number of hydrogen-bond donors (Lipinski definition) is 1. The second kappa shape index (κ2) is 9.35. The van der Waals surface area contributed by atoms with Crippen LogP contribution in [0, 0.1) is 5.82 Å². The number of rotatable bonds is 7. The summed E-state index contributed by atoms with van der Waals surface area (Å²) in [5.41, 5.74) is 3.83. The van der Waals surface area contributed by atoms with Gasteiger partial charge in [-0.1, -0.05) is 67.9 Å². The highest BCUT2D eigenvalue weighted by Gasteiger charge is 2.15. The van der Waals surface area contributed by atoms with Gasteiger partial charge in [0.25, 0.3) is 5.56 Å². The summed E-state index contributed by atoms with van der Waals surface area (Å²) in [6.07, 6.45) is 2.54. The minimum absolute atomic E-state index is 0.0356. The molecule has 0 saturated heterocycles. The molecule has 0 saturated carbocycles. The quantitative estimate of drug-likeness (QED) is 0.383. The average Bonchev–Trinajstić information content (AvgIpc) is 3.40. The smallest absolute Gasteiger partial charge is 0.264 e. The van der Waals surface area contributed by atoms with E-state index >= 15 is 0 Å². The van der Waals surface area contributed by atoms with Crippen LogP contribution in [0.3, 0.4) is 0 Å². The molecule has 2 heterocycles. The number of aromatic nitrogens is 6. The highest BCUT2D eigenvalue weighted by atomic mass is 19.1. The first kappa shape index (κ1) is 21.6. The zero-order valence-electron chi connectivity index (χ0n) is 18.7. The molecule has 7 nitrogen and oxygen atoms in total. The van der Waals surface area contributed by atoms with Gasteiger partial charge in [0.15, 0.2) is 0 Å². The summed E-state index contributed by atoms with van der Waals surface area (Å²) in [7, 11) is 0. The summed E-state index contributed by atoms with van der Waals surface area (Å²) in [5.74, 6) is 0.659. The van der Waals surface area contributed by atoms with E-state index in [4.69, 9.17) is 0 Å². The second-order valence-corrected chi connectivity index (χ2v) is 8.13. The Morgan fingerprint density at radius 3 is 2.50 bits per heavy atom. The van der Waals surface area contributed by atoms with E-state index in [9.17, 15) is 9.18 Å². The van der Waals surface area contributed by atoms with Crippen molar-refractivity contribution >= 4 is 10.9 Å². The van der Waals surface area contributed by atoms with Gasteiger partial charge in [-0.3, -0.25) is 9.36 Å². The van der Waals surface area contributed by atoms with E-state index in [-0.39, 0.29) is 10.9 Å².